The highest BCUT2D eigenvalue weighted by Gasteiger charge is 2.43. The van der Waals surface area contributed by atoms with Gasteiger partial charge in [-0.1, -0.05) is 55.3 Å². The van der Waals surface area contributed by atoms with Crippen LogP contribution in [0, 0.1) is 19.3 Å². The maximum Gasteiger partial charge on any atom is 0.416 e. The Balaban J connectivity index is 1.76. The molecule has 35 heavy (non-hydrogen) atoms. The van der Waals surface area contributed by atoms with Gasteiger partial charge in [0.05, 0.1) is 22.0 Å². The molecule has 0 saturated carbocycles. The number of halogens is 4. The Morgan fingerprint density at radius 3 is 2.43 bits per heavy atom. The van der Waals surface area contributed by atoms with E-state index < -0.39 is 11.7 Å². The maximum absolute atomic E-state index is 13.5. The summed E-state index contributed by atoms with van der Waals surface area (Å²) in [5.41, 5.74) is 4.00. The van der Waals surface area contributed by atoms with Crippen molar-refractivity contribution in [3.63, 3.8) is 0 Å². The molecule has 1 aliphatic carbocycles. The molecule has 3 aromatic rings. The number of aromatic nitrogens is 2. The lowest BCUT2D eigenvalue weighted by molar-refractivity contribution is -0.137. The van der Waals surface area contributed by atoms with Gasteiger partial charge in [-0.05, 0) is 49.4 Å². The first-order valence-electron chi connectivity index (χ1n) is 11.4. The van der Waals surface area contributed by atoms with Crippen LogP contribution in [-0.2, 0) is 11.0 Å². The maximum atomic E-state index is 13.5. The predicted octanol–water partition coefficient (Wildman–Crippen LogP) is 7.36. The first-order chi connectivity index (χ1) is 16.4. The van der Waals surface area contributed by atoms with E-state index >= 15 is 0 Å². The third kappa shape index (κ3) is 4.05. The lowest BCUT2D eigenvalue weighted by Crippen LogP contribution is -2.34. The van der Waals surface area contributed by atoms with Crippen molar-refractivity contribution in [2.75, 3.05) is 5.32 Å². The van der Waals surface area contributed by atoms with Gasteiger partial charge in [-0.2, -0.15) is 18.3 Å². The second-order valence-electron chi connectivity index (χ2n) is 10.2. The smallest absolute Gasteiger partial charge is 0.343 e. The summed E-state index contributed by atoms with van der Waals surface area (Å²) in [6.45, 7) is 7.88. The van der Waals surface area contributed by atoms with Crippen LogP contribution in [0.5, 0.6) is 0 Å². The van der Waals surface area contributed by atoms with E-state index in [0.717, 1.165) is 34.5 Å². The number of alkyl halides is 3. The number of carbonyl (C=O) groups is 1. The van der Waals surface area contributed by atoms with Crippen molar-refractivity contribution in [3.8, 4) is 5.69 Å². The fraction of sp³-hybridized carbons (Fsp3) is 0.333. The molecule has 2 aliphatic rings. The van der Waals surface area contributed by atoms with Gasteiger partial charge in [0.1, 0.15) is 5.82 Å². The van der Waals surface area contributed by atoms with Crippen LogP contribution in [0.15, 0.2) is 53.7 Å². The number of carbonyl (C=O) groups excluding carboxylic acids is 1. The molecule has 1 N–H and O–H groups in total. The van der Waals surface area contributed by atoms with E-state index in [1.54, 1.807) is 0 Å². The van der Waals surface area contributed by atoms with Gasteiger partial charge in [-0.15, -0.1) is 0 Å². The molecule has 1 atom stereocenters. The number of rotatable bonds is 2. The van der Waals surface area contributed by atoms with E-state index in [1.807, 2.05) is 52.0 Å². The van der Waals surface area contributed by atoms with Crippen molar-refractivity contribution in [2.45, 2.75) is 52.6 Å². The number of ketones is 1. The van der Waals surface area contributed by atoms with E-state index in [2.05, 4.69) is 10.4 Å². The average molecular weight is 500 g/mol. The van der Waals surface area contributed by atoms with Gasteiger partial charge < -0.3 is 5.32 Å². The highest BCUT2D eigenvalue weighted by Crippen LogP contribution is 2.50. The monoisotopic (exact) mass is 499 g/mol. The molecule has 0 saturated heterocycles. The van der Waals surface area contributed by atoms with Crippen molar-refractivity contribution in [3.05, 3.63) is 86.7 Å². The molecule has 1 aromatic heterocycles. The van der Waals surface area contributed by atoms with Crippen LogP contribution >= 0.6 is 11.6 Å². The molecule has 0 radical (unpaired) electrons. The lowest BCUT2D eigenvalue weighted by Gasteiger charge is -2.38. The summed E-state index contributed by atoms with van der Waals surface area (Å²) in [5.74, 6) is 0.242. The Bertz CT molecular complexity index is 1380. The number of benzene rings is 2. The third-order valence-electron chi connectivity index (χ3n) is 6.79. The average Bonchev–Trinajstić information content (AvgIpc) is 3.07. The Morgan fingerprint density at radius 2 is 1.77 bits per heavy atom. The zero-order valence-corrected chi connectivity index (χ0v) is 20.6. The zero-order valence-electron chi connectivity index (χ0n) is 19.8. The number of hydrogen-bond donors (Lipinski definition) is 1. The minimum Gasteiger partial charge on any atom is -0.343 e. The van der Waals surface area contributed by atoms with E-state index in [-0.39, 0.29) is 27.8 Å². The number of allylic oxidation sites excluding steroid dienone is 2. The SMILES string of the molecule is Cc1ccc([C@H]2C3=C(CC(C)(C)CC3=O)Nc3c2c(C)nn3-c2cc(C(F)(F)F)ccc2Cl)cc1. The Labute approximate surface area is 206 Å². The highest BCUT2D eigenvalue weighted by molar-refractivity contribution is 6.32. The van der Waals surface area contributed by atoms with E-state index in [4.69, 9.17) is 11.6 Å². The quantitative estimate of drug-likeness (QED) is 0.400. The van der Waals surface area contributed by atoms with E-state index in [0.29, 0.717) is 29.9 Å². The summed E-state index contributed by atoms with van der Waals surface area (Å²) in [5, 5.41) is 8.16. The lowest BCUT2D eigenvalue weighted by atomic mass is 9.69. The number of Topliss-reactive ketones (excluding diaryl/α,β-unsaturated/α-hetero) is 1. The first-order valence-corrected chi connectivity index (χ1v) is 11.8. The molecule has 0 fully saturated rings. The predicted molar refractivity (Wildman–Crippen MR) is 130 cm³/mol. The molecular weight excluding hydrogens is 475 g/mol. The first kappa shape index (κ1) is 23.7. The summed E-state index contributed by atoms with van der Waals surface area (Å²) in [6, 6.07) is 11.2. The van der Waals surface area contributed by atoms with Crippen molar-refractivity contribution < 1.29 is 18.0 Å². The number of hydrogen-bond acceptors (Lipinski definition) is 3. The van der Waals surface area contributed by atoms with Gasteiger partial charge >= 0.3 is 6.18 Å². The molecule has 5 rings (SSSR count). The fourth-order valence-corrected chi connectivity index (χ4v) is 5.39. The van der Waals surface area contributed by atoms with Crippen LogP contribution < -0.4 is 5.32 Å². The normalized spacial score (nSPS) is 19.3. The number of aryl methyl sites for hydroxylation is 2. The summed E-state index contributed by atoms with van der Waals surface area (Å²) in [7, 11) is 0. The van der Waals surface area contributed by atoms with E-state index in [9.17, 15) is 18.0 Å². The number of fused-ring (bicyclic) bond motifs is 1. The second-order valence-corrected chi connectivity index (χ2v) is 10.6. The van der Waals surface area contributed by atoms with Gasteiger partial charge in [0, 0.05) is 29.2 Å². The molecular formula is C27H25ClF3N3O. The molecule has 2 heterocycles. The molecule has 1 aliphatic heterocycles. The minimum absolute atomic E-state index is 0.0734. The molecule has 2 aromatic carbocycles. The van der Waals surface area contributed by atoms with Crippen LogP contribution in [0.1, 0.15) is 60.6 Å². The van der Waals surface area contributed by atoms with Gasteiger partial charge in [-0.3, -0.25) is 4.79 Å². The zero-order chi connectivity index (χ0) is 25.3. The van der Waals surface area contributed by atoms with Crippen LogP contribution in [0.2, 0.25) is 5.02 Å². The molecule has 0 amide bonds. The second kappa shape index (κ2) is 7.98. The molecule has 0 bridgehead atoms. The standard InChI is InChI=1S/C27H25ClF3N3O/c1-14-5-7-16(8-6-14)23-22-15(2)33-34(20-11-17(27(29,30)31)9-10-18(20)28)25(22)32-19-12-26(3,4)13-21(35)24(19)23/h5-11,23,32H,12-13H2,1-4H3/t23-/m1/s1. The fourth-order valence-electron chi connectivity index (χ4n) is 5.19. The summed E-state index contributed by atoms with van der Waals surface area (Å²) >= 11 is 6.39. The van der Waals surface area contributed by atoms with Gasteiger partial charge in [-0.25, -0.2) is 4.68 Å². The van der Waals surface area contributed by atoms with Crippen molar-refractivity contribution >= 4 is 23.2 Å². The third-order valence-corrected chi connectivity index (χ3v) is 7.11. The Kier molecular flexibility index (Phi) is 5.40. The molecule has 4 nitrogen and oxygen atoms in total. The highest BCUT2D eigenvalue weighted by atomic mass is 35.5. The number of nitrogens with zero attached hydrogens (tertiary/aromatic N) is 2. The van der Waals surface area contributed by atoms with Crippen molar-refractivity contribution in [1.29, 1.82) is 0 Å². The summed E-state index contributed by atoms with van der Waals surface area (Å²) in [4.78, 5) is 13.4. The van der Waals surface area contributed by atoms with E-state index in [1.165, 1.54) is 10.7 Å². The minimum atomic E-state index is -4.52. The van der Waals surface area contributed by atoms with Crippen molar-refractivity contribution in [2.24, 2.45) is 5.41 Å². The van der Waals surface area contributed by atoms with Gasteiger partial charge in [0.15, 0.2) is 5.78 Å². The topological polar surface area (TPSA) is 46.9 Å². The van der Waals surface area contributed by atoms with Crippen molar-refractivity contribution in [1.82, 2.24) is 9.78 Å². The van der Waals surface area contributed by atoms with Crippen LogP contribution in [0.3, 0.4) is 0 Å². The van der Waals surface area contributed by atoms with Crippen LogP contribution in [-0.4, -0.2) is 15.6 Å². The van der Waals surface area contributed by atoms with Gasteiger partial charge in [0.2, 0.25) is 0 Å². The Hall–Kier alpha value is -3.06. The summed E-state index contributed by atoms with van der Waals surface area (Å²) in [6.07, 6.45) is -3.46. The molecule has 8 heteroatoms. The molecule has 0 unspecified atom stereocenters. The Morgan fingerprint density at radius 1 is 1.09 bits per heavy atom. The number of anilines is 1. The van der Waals surface area contributed by atoms with Gasteiger partial charge in [0.25, 0.3) is 0 Å². The molecule has 0 spiro atoms. The summed E-state index contributed by atoms with van der Waals surface area (Å²) < 4.78 is 41.9. The van der Waals surface area contributed by atoms with Crippen LogP contribution in [0.4, 0.5) is 19.0 Å². The number of nitrogens with one attached hydrogen (secondary N) is 1. The largest absolute Gasteiger partial charge is 0.416 e. The molecule has 182 valence electrons. The van der Waals surface area contributed by atoms with Crippen LogP contribution in [0.25, 0.3) is 5.69 Å².